The number of hydrogen-bond donors (Lipinski definition) is 0. The zero-order valence-corrected chi connectivity index (χ0v) is 24.6. The van der Waals surface area contributed by atoms with Gasteiger partial charge in [-0.15, -0.1) is 0 Å². The molecule has 2 bridgehead atoms. The van der Waals surface area contributed by atoms with E-state index in [1.807, 2.05) is 0 Å². The Kier molecular flexibility index (Phi) is 5.65. The molecule has 1 heterocycles. The molecule has 206 valence electrons. The lowest BCUT2D eigenvalue weighted by Crippen LogP contribution is -2.68. The van der Waals surface area contributed by atoms with E-state index >= 15 is 0 Å². The van der Waals surface area contributed by atoms with Crippen molar-refractivity contribution >= 4 is 5.97 Å². The van der Waals surface area contributed by atoms with E-state index in [4.69, 9.17) is 14.7 Å². The van der Waals surface area contributed by atoms with Gasteiger partial charge in [0, 0.05) is 11.3 Å². The molecule has 10 atom stereocenters. The molecule has 0 aromatic rings. The van der Waals surface area contributed by atoms with E-state index in [0.29, 0.717) is 41.6 Å². The van der Waals surface area contributed by atoms with Crippen molar-refractivity contribution in [1.29, 1.82) is 5.26 Å². The molecule has 1 saturated heterocycles. The molecule has 5 aliphatic carbocycles. The quantitative estimate of drug-likeness (QED) is 0.289. The van der Waals surface area contributed by atoms with Crippen LogP contribution >= 0.6 is 0 Å². The lowest BCUT2D eigenvalue weighted by molar-refractivity contribution is -0.255. The van der Waals surface area contributed by atoms with Gasteiger partial charge in [-0.1, -0.05) is 48.5 Å². The van der Waals surface area contributed by atoms with Crippen molar-refractivity contribution in [3.05, 3.63) is 0 Å². The number of ether oxygens (including phenoxy) is 2. The lowest BCUT2D eigenvalue weighted by Gasteiger charge is -2.73. The van der Waals surface area contributed by atoms with Crippen LogP contribution in [0.3, 0.4) is 0 Å². The Labute approximate surface area is 225 Å². The number of carbonyl (C=O) groups excluding carboxylic acids is 1. The summed E-state index contributed by atoms with van der Waals surface area (Å²) in [5.74, 6) is 2.53. The molecule has 1 aliphatic heterocycles. The summed E-state index contributed by atoms with van der Waals surface area (Å²) in [7, 11) is 0. The molecule has 0 amide bonds. The average Bonchev–Trinajstić information content (AvgIpc) is 3.08. The summed E-state index contributed by atoms with van der Waals surface area (Å²) >= 11 is 0. The minimum absolute atomic E-state index is 0.0912. The molecular weight excluding hydrogens is 458 g/mol. The van der Waals surface area contributed by atoms with Crippen molar-refractivity contribution < 1.29 is 14.3 Å². The summed E-state index contributed by atoms with van der Waals surface area (Å²) in [6.45, 7) is 18.1. The van der Waals surface area contributed by atoms with E-state index < -0.39 is 0 Å². The smallest absolute Gasteiger partial charge is 0.312 e. The van der Waals surface area contributed by atoms with E-state index in [2.05, 4.69) is 54.5 Å². The SMILES string of the molecule is CC1(C)CC[C@]23CC[C@]4(C)[C@H](CC[C@@H]5[C@@]6(C)CC[C@H](OCCC#N)C(C)(C)[C@@H]6CC[C@]54C)[C@H]2[C@H]1OC3=O. The summed E-state index contributed by atoms with van der Waals surface area (Å²) in [4.78, 5) is 13.4. The second-order valence-electron chi connectivity index (χ2n) is 16.3. The zero-order valence-electron chi connectivity index (χ0n) is 24.6. The summed E-state index contributed by atoms with van der Waals surface area (Å²) in [5, 5.41) is 9.03. The van der Waals surface area contributed by atoms with Crippen molar-refractivity contribution in [3.63, 3.8) is 0 Å². The van der Waals surface area contributed by atoms with E-state index in [1.54, 1.807) is 0 Å². The third kappa shape index (κ3) is 3.13. The van der Waals surface area contributed by atoms with Gasteiger partial charge >= 0.3 is 5.97 Å². The fourth-order valence-corrected chi connectivity index (χ4v) is 12.3. The van der Waals surface area contributed by atoms with Crippen LogP contribution in [0.15, 0.2) is 0 Å². The first-order valence-corrected chi connectivity index (χ1v) is 15.5. The van der Waals surface area contributed by atoms with E-state index in [1.165, 1.54) is 38.5 Å². The van der Waals surface area contributed by atoms with Gasteiger partial charge < -0.3 is 9.47 Å². The summed E-state index contributed by atoms with van der Waals surface area (Å²) < 4.78 is 12.7. The standard InChI is InChI=1S/C33H51NO3/c1-28(2)15-17-33-18-16-31(6)21(25(33)26(28)37-27(33)35)9-10-23-30(5)13-12-24(36-20-8-19-34)29(3,4)22(30)11-14-32(23,31)7/h21-26H,8-18,20H2,1-7H3/t21-,22+,23-,24+,25+,26-,30+,31-,32-,33+/m1/s1. The predicted molar refractivity (Wildman–Crippen MR) is 144 cm³/mol. The van der Waals surface area contributed by atoms with Crippen LogP contribution in [0.1, 0.15) is 119 Å². The van der Waals surface area contributed by atoms with Crippen molar-refractivity contribution in [1.82, 2.24) is 0 Å². The van der Waals surface area contributed by atoms with Crippen LogP contribution in [0, 0.1) is 67.5 Å². The van der Waals surface area contributed by atoms with Crippen LogP contribution in [-0.2, 0) is 14.3 Å². The molecule has 4 nitrogen and oxygen atoms in total. The molecule has 37 heavy (non-hydrogen) atoms. The number of rotatable bonds is 3. The number of nitriles is 1. The molecule has 0 radical (unpaired) electrons. The minimum atomic E-state index is -0.199. The third-order valence-electron chi connectivity index (χ3n) is 14.5. The first-order valence-electron chi connectivity index (χ1n) is 15.5. The summed E-state index contributed by atoms with van der Waals surface area (Å²) in [5.41, 5.74) is 0.916. The predicted octanol–water partition coefficient (Wildman–Crippen LogP) is 7.70. The highest BCUT2D eigenvalue weighted by Gasteiger charge is 2.75. The number of nitrogens with zero attached hydrogens (tertiary/aromatic N) is 1. The molecule has 0 unspecified atom stereocenters. The summed E-state index contributed by atoms with van der Waals surface area (Å²) in [6.07, 6.45) is 12.7. The first-order chi connectivity index (χ1) is 17.3. The van der Waals surface area contributed by atoms with Crippen molar-refractivity contribution in [2.45, 2.75) is 131 Å². The second-order valence-corrected chi connectivity index (χ2v) is 16.3. The molecule has 6 aliphatic rings. The zero-order chi connectivity index (χ0) is 26.6. The molecule has 0 spiro atoms. The monoisotopic (exact) mass is 509 g/mol. The van der Waals surface area contributed by atoms with Gasteiger partial charge in [0.1, 0.15) is 6.10 Å². The highest BCUT2D eigenvalue weighted by Crippen LogP contribution is 2.78. The Bertz CT molecular complexity index is 1010. The maximum atomic E-state index is 13.4. The van der Waals surface area contributed by atoms with Gasteiger partial charge in [-0.3, -0.25) is 4.79 Å². The van der Waals surface area contributed by atoms with Gasteiger partial charge in [-0.2, -0.15) is 5.26 Å². The molecule has 6 fully saturated rings. The van der Waals surface area contributed by atoms with Gasteiger partial charge in [-0.25, -0.2) is 0 Å². The fraction of sp³-hybridized carbons (Fsp3) is 0.939. The van der Waals surface area contributed by atoms with Crippen LogP contribution in [0.25, 0.3) is 0 Å². The van der Waals surface area contributed by atoms with E-state index in [0.717, 1.165) is 31.6 Å². The average molecular weight is 510 g/mol. The third-order valence-corrected chi connectivity index (χ3v) is 14.5. The van der Waals surface area contributed by atoms with E-state index in [9.17, 15) is 4.79 Å². The molecule has 0 aromatic carbocycles. The number of carbonyl (C=O) groups is 1. The van der Waals surface area contributed by atoms with Gasteiger partial charge in [0.25, 0.3) is 0 Å². The highest BCUT2D eigenvalue weighted by molar-refractivity contribution is 5.81. The lowest BCUT2D eigenvalue weighted by atomic mass is 9.31. The van der Waals surface area contributed by atoms with Crippen molar-refractivity contribution in [2.24, 2.45) is 56.2 Å². The Morgan fingerprint density at radius 1 is 0.865 bits per heavy atom. The molecular formula is C33H51NO3. The Morgan fingerprint density at radius 2 is 1.59 bits per heavy atom. The normalized spacial score (nSPS) is 53.1. The van der Waals surface area contributed by atoms with Crippen molar-refractivity contribution in [2.75, 3.05) is 6.61 Å². The summed E-state index contributed by atoms with van der Waals surface area (Å²) in [6, 6.07) is 2.25. The number of hydrogen-bond acceptors (Lipinski definition) is 4. The maximum absolute atomic E-state index is 13.4. The molecule has 0 N–H and O–H groups in total. The van der Waals surface area contributed by atoms with Crippen LogP contribution in [-0.4, -0.2) is 24.8 Å². The van der Waals surface area contributed by atoms with Gasteiger partial charge in [-0.05, 0) is 104 Å². The highest BCUT2D eigenvalue weighted by atomic mass is 16.6. The minimum Gasteiger partial charge on any atom is -0.461 e. The van der Waals surface area contributed by atoms with Crippen molar-refractivity contribution in [3.8, 4) is 6.07 Å². The Balaban J connectivity index is 1.33. The van der Waals surface area contributed by atoms with Gasteiger partial charge in [0.15, 0.2) is 0 Å². The fourth-order valence-electron chi connectivity index (χ4n) is 12.3. The second kappa shape index (κ2) is 7.99. The van der Waals surface area contributed by atoms with E-state index in [-0.39, 0.29) is 39.8 Å². The Hall–Kier alpha value is -1.08. The van der Waals surface area contributed by atoms with Crippen LogP contribution < -0.4 is 0 Å². The van der Waals surface area contributed by atoms with Gasteiger partial charge in [0.2, 0.25) is 0 Å². The number of fused-ring (bicyclic) bond motifs is 5. The molecule has 5 saturated carbocycles. The van der Waals surface area contributed by atoms with Gasteiger partial charge in [0.05, 0.1) is 30.6 Å². The first kappa shape index (κ1) is 26.2. The molecule has 0 aromatic heterocycles. The topological polar surface area (TPSA) is 59.3 Å². The largest absolute Gasteiger partial charge is 0.461 e. The van der Waals surface area contributed by atoms with Crippen LogP contribution in [0.4, 0.5) is 0 Å². The maximum Gasteiger partial charge on any atom is 0.312 e. The van der Waals surface area contributed by atoms with Crippen LogP contribution in [0.2, 0.25) is 0 Å². The Morgan fingerprint density at radius 3 is 2.32 bits per heavy atom. The molecule has 6 rings (SSSR count). The van der Waals surface area contributed by atoms with Crippen LogP contribution in [0.5, 0.6) is 0 Å². The molecule has 4 heteroatoms. The number of esters is 1.